The van der Waals surface area contributed by atoms with Crippen molar-refractivity contribution in [2.75, 3.05) is 0 Å². The molecule has 1 rings (SSSR count). The second kappa shape index (κ2) is 13.9. The molecule has 0 saturated heterocycles. The first-order valence-electron chi connectivity index (χ1n) is 4.23. The van der Waals surface area contributed by atoms with Crippen LogP contribution in [0.4, 0.5) is 0 Å². The van der Waals surface area contributed by atoms with E-state index in [-0.39, 0.29) is 40.4 Å². The Kier molecular flexibility index (Phi) is 17.0. The van der Waals surface area contributed by atoms with Crippen LogP contribution in [-0.4, -0.2) is 32.4 Å². The molecule has 100 valence electrons. The van der Waals surface area contributed by atoms with Crippen LogP contribution < -0.4 is 0 Å². The minimum absolute atomic E-state index is 0. The van der Waals surface area contributed by atoms with E-state index in [0.29, 0.717) is 0 Å². The summed E-state index contributed by atoms with van der Waals surface area (Å²) in [4.78, 5) is 18.7. The van der Waals surface area contributed by atoms with E-state index >= 15 is 0 Å². The molecule has 0 spiro atoms. The van der Waals surface area contributed by atoms with Gasteiger partial charge in [0.05, 0.1) is 0 Å². The fraction of sp³-hybridized carbons (Fsp3) is 0.0909. The van der Waals surface area contributed by atoms with Crippen molar-refractivity contribution >= 4 is 11.9 Å². The first kappa shape index (κ1) is 22.1. The molecule has 0 bridgehead atoms. The zero-order valence-electron chi connectivity index (χ0n) is 9.37. The molecule has 0 atom stereocenters. The minimum atomic E-state index is -1.38. The zero-order valence-corrected chi connectivity index (χ0v) is 12.0. The quantitative estimate of drug-likeness (QED) is 0.323. The number of aliphatic hydroxyl groups is 2. The van der Waals surface area contributed by atoms with E-state index in [1.807, 2.05) is 12.2 Å². The molecule has 0 radical (unpaired) electrons. The Morgan fingerprint density at radius 1 is 1.00 bits per heavy atom. The van der Waals surface area contributed by atoms with Crippen molar-refractivity contribution in [3.05, 3.63) is 49.0 Å². The van der Waals surface area contributed by atoms with E-state index in [2.05, 4.69) is 25.3 Å². The third-order valence-electron chi connectivity index (χ3n) is 1.08. The average molecular weight is 392 g/mol. The van der Waals surface area contributed by atoms with Crippen LogP contribution in [0.15, 0.2) is 42.9 Å². The summed E-state index contributed by atoms with van der Waals surface area (Å²) in [6.07, 6.45) is 10.0. The molecule has 7 heteroatoms. The molecule has 0 aromatic heterocycles. The van der Waals surface area contributed by atoms with Gasteiger partial charge in [-0.15, -0.1) is 6.42 Å². The maximum Gasteiger partial charge on any atom is 0.370 e. The first-order chi connectivity index (χ1) is 7.79. The van der Waals surface area contributed by atoms with Gasteiger partial charge in [-0.1, -0.05) is 0 Å². The van der Waals surface area contributed by atoms with E-state index in [1.54, 1.807) is 0 Å². The molecule has 4 N–H and O–H groups in total. The van der Waals surface area contributed by atoms with Crippen molar-refractivity contribution in [3.63, 3.8) is 0 Å². The largest absolute Gasteiger partial charge is 0.502 e. The summed E-state index contributed by atoms with van der Waals surface area (Å²) < 4.78 is 0. The van der Waals surface area contributed by atoms with Gasteiger partial charge < -0.3 is 20.4 Å². The van der Waals surface area contributed by atoms with Crippen LogP contribution in [0.25, 0.3) is 0 Å². The second-order valence-corrected chi connectivity index (χ2v) is 2.51. The fourth-order valence-corrected chi connectivity index (χ4v) is 0.340. The van der Waals surface area contributed by atoms with E-state index in [1.165, 1.54) is 0 Å². The number of aliphatic hydroxyl groups excluding tert-OH is 2. The number of carbonyl (C=O) groups is 2. The van der Waals surface area contributed by atoms with Gasteiger partial charge in [0.2, 0.25) is 0 Å². The number of aliphatic carboxylic acids is 2. The summed E-state index contributed by atoms with van der Waals surface area (Å²) in [7, 11) is 0. The van der Waals surface area contributed by atoms with Gasteiger partial charge in [-0.05, 0) is 13.2 Å². The Morgan fingerprint density at radius 3 is 1.39 bits per heavy atom. The molecule has 0 saturated carbocycles. The third-order valence-corrected chi connectivity index (χ3v) is 1.08. The van der Waals surface area contributed by atoms with Crippen molar-refractivity contribution in [3.8, 4) is 0 Å². The smallest absolute Gasteiger partial charge is 0.370 e. The molecule has 0 aromatic carbocycles. The zero-order chi connectivity index (χ0) is 13.8. The number of rotatable bonds is 2. The number of carboxylic acids is 2. The first-order valence-corrected chi connectivity index (χ1v) is 4.23. The predicted molar refractivity (Wildman–Crippen MR) is 60.4 cm³/mol. The molecule has 1 aliphatic carbocycles. The van der Waals surface area contributed by atoms with Crippen LogP contribution in [0.2, 0.25) is 0 Å². The summed E-state index contributed by atoms with van der Waals surface area (Å²) in [6.45, 7) is 5.42. The van der Waals surface area contributed by atoms with Crippen LogP contribution in [-0.2, 0) is 9.59 Å². The van der Waals surface area contributed by atoms with Gasteiger partial charge in [-0.25, -0.2) is 21.7 Å². The van der Waals surface area contributed by atoms with Crippen LogP contribution in [0, 0.1) is 46.5 Å². The van der Waals surface area contributed by atoms with Crippen molar-refractivity contribution in [2.24, 2.45) is 0 Å². The molecule has 0 aromatic rings. The Hall–Kier alpha value is -1.16. The SMILES string of the molecule is C=C(O)C(=O)O.C=C(O)C(=O)O.[C-]1=CC=CC1.[Sm]. The molecular formula is C11H13O6Sm-. The van der Waals surface area contributed by atoms with Crippen molar-refractivity contribution in [1.29, 1.82) is 0 Å². The molecule has 0 amide bonds. The topological polar surface area (TPSA) is 115 Å². The summed E-state index contributed by atoms with van der Waals surface area (Å²) in [5.41, 5.74) is 0. The van der Waals surface area contributed by atoms with Gasteiger partial charge in [0.15, 0.2) is 11.5 Å². The maximum atomic E-state index is 9.35. The van der Waals surface area contributed by atoms with Crippen molar-refractivity contribution < 1.29 is 70.4 Å². The molecule has 0 heterocycles. The normalized spacial score (nSPS) is 9.78. The monoisotopic (exact) mass is 393 g/mol. The molecule has 18 heavy (non-hydrogen) atoms. The number of hydrogen-bond acceptors (Lipinski definition) is 4. The van der Waals surface area contributed by atoms with E-state index in [0.717, 1.165) is 6.42 Å². The van der Waals surface area contributed by atoms with Crippen LogP contribution in [0.3, 0.4) is 0 Å². The van der Waals surface area contributed by atoms with E-state index in [9.17, 15) is 9.59 Å². The maximum absolute atomic E-state index is 9.35. The number of hydrogen-bond donors (Lipinski definition) is 4. The molecule has 1 aliphatic rings. The Bertz CT molecular complexity index is 299. The summed E-state index contributed by atoms with van der Waals surface area (Å²) in [5, 5.41) is 31.0. The third kappa shape index (κ3) is 20.3. The molecule has 0 unspecified atom stereocenters. The summed E-state index contributed by atoms with van der Waals surface area (Å²) in [5.74, 6) is -4.41. The van der Waals surface area contributed by atoms with Gasteiger partial charge in [0, 0.05) is 40.4 Å². The fourth-order valence-electron chi connectivity index (χ4n) is 0.340. The molecular weight excluding hydrogens is 378 g/mol. The van der Waals surface area contributed by atoms with Gasteiger partial charge in [0.1, 0.15) is 0 Å². The van der Waals surface area contributed by atoms with E-state index < -0.39 is 23.5 Å². The van der Waals surface area contributed by atoms with E-state index in [4.69, 9.17) is 20.4 Å². The van der Waals surface area contributed by atoms with Gasteiger partial charge >= 0.3 is 11.9 Å². The van der Waals surface area contributed by atoms with Crippen LogP contribution in [0.1, 0.15) is 6.42 Å². The van der Waals surface area contributed by atoms with Gasteiger partial charge in [-0.2, -0.15) is 6.08 Å². The van der Waals surface area contributed by atoms with Crippen LogP contribution in [0.5, 0.6) is 0 Å². The average Bonchev–Trinajstić information content (AvgIpc) is 2.75. The summed E-state index contributed by atoms with van der Waals surface area (Å²) >= 11 is 0. The Morgan fingerprint density at radius 2 is 1.33 bits per heavy atom. The summed E-state index contributed by atoms with van der Waals surface area (Å²) in [6, 6.07) is 0. The molecule has 0 aliphatic heterocycles. The number of allylic oxidation sites excluding steroid dienone is 4. The predicted octanol–water partition coefficient (Wildman–Crippen LogP) is 1.59. The van der Waals surface area contributed by atoms with Crippen LogP contribution >= 0.6 is 0 Å². The molecule has 6 nitrogen and oxygen atoms in total. The van der Waals surface area contributed by atoms with Crippen molar-refractivity contribution in [2.45, 2.75) is 6.42 Å². The second-order valence-electron chi connectivity index (χ2n) is 2.51. The number of carboxylic acid groups (broad SMARTS) is 2. The molecule has 0 fully saturated rings. The Labute approximate surface area is 137 Å². The van der Waals surface area contributed by atoms with Crippen molar-refractivity contribution in [1.82, 2.24) is 0 Å². The van der Waals surface area contributed by atoms with Gasteiger partial charge in [0.25, 0.3) is 0 Å². The standard InChI is InChI=1S/C5H5.2C3H4O3.Sm/c1-2-4-5-3-1;2*1-2(4)3(5)6;/h1-3H,4H2;2*4H,1H2,(H,5,6);/q-1;;;. The minimum Gasteiger partial charge on any atom is -0.502 e. The van der Waals surface area contributed by atoms with Gasteiger partial charge in [-0.3, -0.25) is 6.08 Å². The Balaban J connectivity index is -0.000000183.